The number of hydrogen-bond donors (Lipinski definition) is 0. The van der Waals surface area contributed by atoms with Crippen LogP contribution in [-0.2, 0) is 6.42 Å². The lowest BCUT2D eigenvalue weighted by molar-refractivity contribution is 0.354. The zero-order valence-electron chi connectivity index (χ0n) is 12.1. The molecule has 0 radical (unpaired) electrons. The molecule has 0 unspecified atom stereocenters. The summed E-state index contributed by atoms with van der Waals surface area (Å²) in [7, 11) is 3.23. The minimum atomic E-state index is 0.558. The lowest BCUT2D eigenvalue weighted by atomic mass is 10.1. The van der Waals surface area contributed by atoms with Crippen LogP contribution in [0.25, 0.3) is 5.57 Å². The predicted octanol–water partition coefficient (Wildman–Crippen LogP) is 3.10. The Balaban J connectivity index is 2.19. The summed E-state index contributed by atoms with van der Waals surface area (Å²) in [6.07, 6.45) is 2.52. The number of aromatic nitrogens is 2. The van der Waals surface area contributed by atoms with Crippen LogP contribution in [0, 0.1) is 0 Å². The predicted molar refractivity (Wildman–Crippen MR) is 76.0 cm³/mol. The minimum Gasteiger partial charge on any atom is -0.493 e. The molecule has 0 saturated heterocycles. The molecule has 5 nitrogen and oxygen atoms in total. The van der Waals surface area contributed by atoms with Gasteiger partial charge in [0.05, 0.1) is 14.2 Å². The van der Waals surface area contributed by atoms with E-state index >= 15 is 0 Å². The highest BCUT2D eigenvalue weighted by Crippen LogP contribution is 2.28. The van der Waals surface area contributed by atoms with Crippen LogP contribution in [0.2, 0.25) is 0 Å². The van der Waals surface area contributed by atoms with Crippen molar-refractivity contribution in [3.05, 3.63) is 41.6 Å². The highest BCUT2D eigenvalue weighted by molar-refractivity contribution is 5.55. The zero-order valence-corrected chi connectivity index (χ0v) is 12.1. The minimum absolute atomic E-state index is 0.558. The second-order valence-corrected chi connectivity index (χ2v) is 4.35. The third kappa shape index (κ3) is 2.99. The first-order chi connectivity index (χ1) is 9.67. The fourth-order valence-corrected chi connectivity index (χ4v) is 1.78. The number of benzene rings is 1. The van der Waals surface area contributed by atoms with Crippen LogP contribution in [0.15, 0.2) is 28.8 Å². The van der Waals surface area contributed by atoms with Crippen molar-refractivity contribution in [2.45, 2.75) is 20.3 Å². The maximum Gasteiger partial charge on any atom is 0.253 e. The zero-order chi connectivity index (χ0) is 14.5. The molecule has 0 saturated carbocycles. The van der Waals surface area contributed by atoms with Gasteiger partial charge in [0, 0.05) is 12.0 Å². The van der Waals surface area contributed by atoms with Gasteiger partial charge in [-0.1, -0.05) is 17.3 Å². The Morgan fingerprint density at radius 2 is 2.00 bits per heavy atom. The van der Waals surface area contributed by atoms with Crippen LogP contribution in [-0.4, -0.2) is 24.4 Å². The number of rotatable bonds is 5. The number of ether oxygens (including phenoxy) is 2. The molecule has 0 aliphatic rings. The summed E-state index contributed by atoms with van der Waals surface area (Å²) in [6.45, 7) is 3.88. The second-order valence-electron chi connectivity index (χ2n) is 4.35. The quantitative estimate of drug-likeness (QED) is 0.838. The number of hydrogen-bond acceptors (Lipinski definition) is 5. The van der Waals surface area contributed by atoms with E-state index in [1.807, 2.05) is 38.1 Å². The average molecular weight is 274 g/mol. The molecular formula is C15H18N2O3. The molecule has 0 N–H and O–H groups in total. The summed E-state index contributed by atoms with van der Waals surface area (Å²) < 4.78 is 15.7. The SMILES string of the molecule is CC=C(C)c1nc(Cc2ccc(OC)c(OC)c2)no1. The maximum absolute atomic E-state index is 5.28. The lowest BCUT2D eigenvalue weighted by Gasteiger charge is -2.08. The third-order valence-electron chi connectivity index (χ3n) is 3.05. The Labute approximate surface area is 118 Å². The molecule has 20 heavy (non-hydrogen) atoms. The molecule has 0 amide bonds. The lowest BCUT2D eigenvalue weighted by Crippen LogP contribution is -1.95. The standard InChI is InChI=1S/C15H18N2O3/c1-5-10(2)15-16-14(17-20-15)9-11-6-7-12(18-3)13(8-11)19-4/h5-8H,9H2,1-4H3. The molecule has 0 atom stereocenters. The van der Waals surface area contributed by atoms with Gasteiger partial charge in [-0.15, -0.1) is 0 Å². The number of nitrogens with zero attached hydrogens (tertiary/aromatic N) is 2. The fraction of sp³-hybridized carbons (Fsp3) is 0.333. The summed E-state index contributed by atoms with van der Waals surface area (Å²) in [5.74, 6) is 2.60. The molecule has 5 heteroatoms. The van der Waals surface area contributed by atoms with Gasteiger partial charge >= 0.3 is 0 Å². The monoisotopic (exact) mass is 274 g/mol. The molecule has 0 bridgehead atoms. The molecule has 0 fully saturated rings. The average Bonchev–Trinajstić information content (AvgIpc) is 2.94. The molecule has 1 aromatic heterocycles. The molecule has 106 valence electrons. The van der Waals surface area contributed by atoms with Crippen LogP contribution >= 0.6 is 0 Å². The van der Waals surface area contributed by atoms with E-state index in [1.165, 1.54) is 0 Å². The Kier molecular flexibility index (Phi) is 4.40. The highest BCUT2D eigenvalue weighted by Gasteiger charge is 2.10. The summed E-state index contributed by atoms with van der Waals surface area (Å²) in [5.41, 5.74) is 2.00. The maximum atomic E-state index is 5.28. The normalized spacial score (nSPS) is 11.5. The van der Waals surface area contributed by atoms with Crippen LogP contribution in [0.4, 0.5) is 0 Å². The Bertz CT molecular complexity index is 617. The van der Waals surface area contributed by atoms with Crippen molar-refractivity contribution in [2.24, 2.45) is 0 Å². The fourth-order valence-electron chi connectivity index (χ4n) is 1.78. The van der Waals surface area contributed by atoms with Crippen LogP contribution in [0.5, 0.6) is 11.5 Å². The van der Waals surface area contributed by atoms with E-state index in [0.717, 1.165) is 11.1 Å². The summed E-state index contributed by atoms with van der Waals surface area (Å²) in [5, 5.41) is 3.98. The first kappa shape index (κ1) is 14.1. The van der Waals surface area contributed by atoms with Crippen molar-refractivity contribution in [3.8, 4) is 11.5 Å². The van der Waals surface area contributed by atoms with Gasteiger partial charge in [0.1, 0.15) is 0 Å². The van der Waals surface area contributed by atoms with Gasteiger partial charge in [-0.3, -0.25) is 0 Å². The van der Waals surface area contributed by atoms with E-state index in [1.54, 1.807) is 14.2 Å². The summed E-state index contributed by atoms with van der Waals surface area (Å²) in [6, 6.07) is 5.74. The molecular weight excluding hydrogens is 256 g/mol. The van der Waals surface area contributed by atoms with Crippen molar-refractivity contribution >= 4 is 5.57 Å². The molecule has 2 aromatic rings. The smallest absolute Gasteiger partial charge is 0.253 e. The number of allylic oxidation sites excluding steroid dienone is 2. The van der Waals surface area contributed by atoms with Gasteiger partial charge in [0.25, 0.3) is 5.89 Å². The van der Waals surface area contributed by atoms with Crippen LogP contribution < -0.4 is 9.47 Å². The first-order valence-corrected chi connectivity index (χ1v) is 6.34. The topological polar surface area (TPSA) is 57.4 Å². The van der Waals surface area contributed by atoms with Crippen molar-refractivity contribution in [1.82, 2.24) is 10.1 Å². The van der Waals surface area contributed by atoms with Crippen molar-refractivity contribution in [1.29, 1.82) is 0 Å². The van der Waals surface area contributed by atoms with Gasteiger partial charge in [0.15, 0.2) is 17.3 Å². The highest BCUT2D eigenvalue weighted by atomic mass is 16.5. The summed E-state index contributed by atoms with van der Waals surface area (Å²) >= 11 is 0. The largest absolute Gasteiger partial charge is 0.493 e. The molecule has 1 heterocycles. The Morgan fingerprint density at radius 3 is 2.65 bits per heavy atom. The van der Waals surface area contributed by atoms with E-state index in [4.69, 9.17) is 14.0 Å². The van der Waals surface area contributed by atoms with Gasteiger partial charge in [-0.25, -0.2) is 0 Å². The van der Waals surface area contributed by atoms with E-state index in [0.29, 0.717) is 29.6 Å². The van der Waals surface area contributed by atoms with Gasteiger partial charge in [0.2, 0.25) is 0 Å². The van der Waals surface area contributed by atoms with Crippen LogP contribution in [0.1, 0.15) is 31.1 Å². The number of methoxy groups -OCH3 is 2. The first-order valence-electron chi connectivity index (χ1n) is 6.34. The van der Waals surface area contributed by atoms with E-state index in [9.17, 15) is 0 Å². The van der Waals surface area contributed by atoms with Crippen molar-refractivity contribution in [2.75, 3.05) is 14.2 Å². The van der Waals surface area contributed by atoms with Crippen molar-refractivity contribution in [3.63, 3.8) is 0 Å². The van der Waals surface area contributed by atoms with Crippen molar-refractivity contribution < 1.29 is 14.0 Å². The van der Waals surface area contributed by atoms with E-state index < -0.39 is 0 Å². The molecule has 0 aliphatic carbocycles. The molecule has 0 spiro atoms. The summed E-state index contributed by atoms with van der Waals surface area (Å²) in [4.78, 5) is 4.36. The van der Waals surface area contributed by atoms with E-state index in [-0.39, 0.29) is 0 Å². The third-order valence-corrected chi connectivity index (χ3v) is 3.05. The van der Waals surface area contributed by atoms with E-state index in [2.05, 4.69) is 10.1 Å². The van der Waals surface area contributed by atoms with Gasteiger partial charge < -0.3 is 14.0 Å². The Hall–Kier alpha value is -2.30. The Morgan fingerprint density at radius 1 is 1.25 bits per heavy atom. The molecule has 2 rings (SSSR count). The molecule has 0 aliphatic heterocycles. The molecule has 1 aromatic carbocycles. The van der Waals surface area contributed by atoms with Gasteiger partial charge in [-0.05, 0) is 31.5 Å². The second kappa shape index (κ2) is 6.23. The van der Waals surface area contributed by atoms with Crippen LogP contribution in [0.3, 0.4) is 0 Å². The van der Waals surface area contributed by atoms with Gasteiger partial charge in [-0.2, -0.15) is 4.98 Å².